The predicted octanol–water partition coefficient (Wildman–Crippen LogP) is 6.01. The number of carbonyl (C=O) groups is 2. The van der Waals surface area contributed by atoms with Crippen LogP contribution >= 0.6 is 0 Å². The van der Waals surface area contributed by atoms with Crippen LogP contribution in [-0.2, 0) is 24.3 Å². The molecule has 0 saturated heterocycles. The topological polar surface area (TPSA) is 49.4 Å². The van der Waals surface area contributed by atoms with Gasteiger partial charge in [0.25, 0.3) is 5.91 Å². The van der Waals surface area contributed by atoms with Crippen molar-refractivity contribution in [1.29, 1.82) is 0 Å². The third kappa shape index (κ3) is 6.67. The first-order valence-corrected chi connectivity index (χ1v) is 11.8. The molecule has 0 aromatic heterocycles. The Bertz CT molecular complexity index is 1300. The molecular weight excluding hydrogens is 432 g/mol. The maximum absolute atomic E-state index is 13.5. The molecule has 35 heavy (non-hydrogen) atoms. The standard InChI is InChI=1S/C31H30N2O2/c1-23-14-16-28(17-15-23)31(35)33(22-25-9-4-3-5-10-25)29-13-7-11-26(19-29)20-30(34)32-21-27-12-6-8-24(2)18-27/h3-19H,20-22H2,1-2H3,(H,32,34). The van der Waals surface area contributed by atoms with Crippen LogP contribution in [-0.4, -0.2) is 11.8 Å². The molecule has 2 amide bonds. The Balaban J connectivity index is 1.52. The van der Waals surface area contributed by atoms with E-state index in [1.165, 1.54) is 5.56 Å². The van der Waals surface area contributed by atoms with Crippen molar-refractivity contribution in [2.75, 3.05) is 4.90 Å². The third-order valence-electron chi connectivity index (χ3n) is 5.89. The number of carbonyl (C=O) groups excluding carboxylic acids is 2. The summed E-state index contributed by atoms with van der Waals surface area (Å²) >= 11 is 0. The van der Waals surface area contributed by atoms with Gasteiger partial charge in [0.15, 0.2) is 0 Å². The minimum absolute atomic E-state index is 0.0527. The van der Waals surface area contributed by atoms with Crippen molar-refractivity contribution in [3.05, 3.63) is 137 Å². The number of hydrogen-bond acceptors (Lipinski definition) is 2. The smallest absolute Gasteiger partial charge is 0.258 e. The molecular formula is C31H30N2O2. The lowest BCUT2D eigenvalue weighted by Crippen LogP contribution is -2.30. The molecule has 1 N–H and O–H groups in total. The van der Waals surface area contributed by atoms with Gasteiger partial charge in [0, 0.05) is 17.8 Å². The van der Waals surface area contributed by atoms with Crippen LogP contribution in [0.25, 0.3) is 0 Å². The Morgan fingerprint density at radius 2 is 1.37 bits per heavy atom. The highest BCUT2D eigenvalue weighted by Crippen LogP contribution is 2.22. The molecule has 4 aromatic carbocycles. The summed E-state index contributed by atoms with van der Waals surface area (Å²) in [5.41, 5.74) is 6.64. The molecule has 4 aromatic rings. The second-order valence-electron chi connectivity index (χ2n) is 8.86. The molecule has 0 aliphatic carbocycles. The van der Waals surface area contributed by atoms with Crippen molar-refractivity contribution in [1.82, 2.24) is 5.32 Å². The van der Waals surface area contributed by atoms with Crippen LogP contribution in [0, 0.1) is 13.8 Å². The summed E-state index contributed by atoms with van der Waals surface area (Å²) in [4.78, 5) is 27.9. The molecule has 4 nitrogen and oxygen atoms in total. The summed E-state index contributed by atoms with van der Waals surface area (Å²) < 4.78 is 0. The van der Waals surface area contributed by atoms with Gasteiger partial charge in [0.05, 0.1) is 13.0 Å². The van der Waals surface area contributed by atoms with Crippen molar-refractivity contribution in [3.63, 3.8) is 0 Å². The van der Waals surface area contributed by atoms with E-state index in [1.54, 1.807) is 4.90 Å². The van der Waals surface area contributed by atoms with E-state index in [9.17, 15) is 9.59 Å². The quantitative estimate of drug-likeness (QED) is 0.349. The fourth-order valence-corrected chi connectivity index (χ4v) is 4.00. The van der Waals surface area contributed by atoms with E-state index in [1.807, 2.05) is 111 Å². The summed E-state index contributed by atoms with van der Waals surface area (Å²) in [5, 5.41) is 3.00. The fraction of sp³-hybridized carbons (Fsp3) is 0.161. The molecule has 0 spiro atoms. The molecule has 0 aliphatic heterocycles. The van der Waals surface area contributed by atoms with E-state index in [0.717, 1.165) is 27.9 Å². The summed E-state index contributed by atoms with van der Waals surface area (Å²) in [5.74, 6) is -0.127. The van der Waals surface area contributed by atoms with E-state index in [2.05, 4.69) is 11.4 Å². The molecule has 4 heteroatoms. The van der Waals surface area contributed by atoms with Gasteiger partial charge in [0.2, 0.25) is 5.91 Å². The van der Waals surface area contributed by atoms with Gasteiger partial charge in [-0.3, -0.25) is 9.59 Å². The average Bonchev–Trinajstić information content (AvgIpc) is 2.87. The summed E-state index contributed by atoms with van der Waals surface area (Å²) in [6.07, 6.45) is 0.248. The van der Waals surface area contributed by atoms with E-state index in [-0.39, 0.29) is 18.2 Å². The summed E-state index contributed by atoms with van der Waals surface area (Å²) in [7, 11) is 0. The molecule has 0 atom stereocenters. The highest BCUT2D eigenvalue weighted by molar-refractivity contribution is 6.06. The minimum atomic E-state index is -0.0742. The maximum Gasteiger partial charge on any atom is 0.258 e. The van der Waals surface area contributed by atoms with Crippen LogP contribution in [0.15, 0.2) is 103 Å². The summed E-state index contributed by atoms with van der Waals surface area (Å²) in [6, 6.07) is 33.3. The third-order valence-corrected chi connectivity index (χ3v) is 5.89. The van der Waals surface area contributed by atoms with Crippen LogP contribution in [0.1, 0.15) is 38.2 Å². The lowest BCUT2D eigenvalue weighted by Gasteiger charge is -2.24. The first-order valence-electron chi connectivity index (χ1n) is 11.8. The second-order valence-corrected chi connectivity index (χ2v) is 8.86. The minimum Gasteiger partial charge on any atom is -0.352 e. The monoisotopic (exact) mass is 462 g/mol. The van der Waals surface area contributed by atoms with Crippen molar-refractivity contribution >= 4 is 17.5 Å². The van der Waals surface area contributed by atoms with E-state index in [0.29, 0.717) is 18.7 Å². The number of aryl methyl sites for hydroxylation is 2. The molecule has 0 radical (unpaired) electrons. The predicted molar refractivity (Wildman–Crippen MR) is 141 cm³/mol. The van der Waals surface area contributed by atoms with Gasteiger partial charge in [-0.05, 0) is 54.8 Å². The van der Waals surface area contributed by atoms with Gasteiger partial charge < -0.3 is 10.2 Å². The molecule has 176 valence electrons. The zero-order chi connectivity index (χ0) is 24.6. The van der Waals surface area contributed by atoms with Crippen LogP contribution in [0.2, 0.25) is 0 Å². The van der Waals surface area contributed by atoms with Crippen LogP contribution in [0.4, 0.5) is 5.69 Å². The number of anilines is 1. The zero-order valence-corrected chi connectivity index (χ0v) is 20.2. The zero-order valence-electron chi connectivity index (χ0n) is 20.2. The van der Waals surface area contributed by atoms with Crippen LogP contribution < -0.4 is 10.2 Å². The Morgan fingerprint density at radius 3 is 2.11 bits per heavy atom. The van der Waals surface area contributed by atoms with Crippen LogP contribution in [0.5, 0.6) is 0 Å². The SMILES string of the molecule is Cc1ccc(C(=O)N(Cc2ccccc2)c2cccc(CC(=O)NCc3cccc(C)c3)c2)cc1. The Kier molecular flexibility index (Phi) is 7.74. The molecule has 0 fully saturated rings. The van der Waals surface area contributed by atoms with Gasteiger partial charge in [-0.15, -0.1) is 0 Å². The number of hydrogen-bond donors (Lipinski definition) is 1. The normalized spacial score (nSPS) is 10.6. The second kappa shape index (κ2) is 11.3. The lowest BCUT2D eigenvalue weighted by atomic mass is 10.1. The fourth-order valence-electron chi connectivity index (χ4n) is 4.00. The average molecular weight is 463 g/mol. The first-order chi connectivity index (χ1) is 17.0. The van der Waals surface area contributed by atoms with E-state index < -0.39 is 0 Å². The maximum atomic E-state index is 13.5. The molecule has 0 aliphatic rings. The van der Waals surface area contributed by atoms with Crippen molar-refractivity contribution in [2.24, 2.45) is 0 Å². The van der Waals surface area contributed by atoms with Gasteiger partial charge in [-0.1, -0.05) is 90.0 Å². The number of rotatable bonds is 8. The largest absolute Gasteiger partial charge is 0.352 e. The van der Waals surface area contributed by atoms with E-state index in [4.69, 9.17) is 0 Å². The van der Waals surface area contributed by atoms with E-state index >= 15 is 0 Å². The summed E-state index contributed by atoms with van der Waals surface area (Å²) in [6.45, 7) is 4.97. The number of benzene rings is 4. The van der Waals surface area contributed by atoms with Crippen molar-refractivity contribution < 1.29 is 9.59 Å². The number of nitrogens with zero attached hydrogens (tertiary/aromatic N) is 1. The molecule has 0 heterocycles. The number of amides is 2. The Labute approximate surface area is 207 Å². The number of nitrogens with one attached hydrogen (secondary N) is 1. The lowest BCUT2D eigenvalue weighted by molar-refractivity contribution is -0.120. The van der Waals surface area contributed by atoms with Gasteiger partial charge in [-0.25, -0.2) is 0 Å². The molecule has 4 rings (SSSR count). The highest BCUT2D eigenvalue weighted by Gasteiger charge is 2.19. The molecule has 0 unspecified atom stereocenters. The van der Waals surface area contributed by atoms with Gasteiger partial charge >= 0.3 is 0 Å². The van der Waals surface area contributed by atoms with Crippen molar-refractivity contribution in [3.8, 4) is 0 Å². The Morgan fingerprint density at radius 1 is 0.686 bits per heavy atom. The molecule has 0 bridgehead atoms. The van der Waals surface area contributed by atoms with Crippen LogP contribution in [0.3, 0.4) is 0 Å². The Hall–Kier alpha value is -4.18. The van der Waals surface area contributed by atoms with Gasteiger partial charge in [0.1, 0.15) is 0 Å². The van der Waals surface area contributed by atoms with Gasteiger partial charge in [-0.2, -0.15) is 0 Å². The first kappa shape index (κ1) is 24.0. The molecule has 0 saturated carbocycles. The van der Waals surface area contributed by atoms with Crippen molar-refractivity contribution in [2.45, 2.75) is 33.4 Å². The highest BCUT2D eigenvalue weighted by atomic mass is 16.2.